The Morgan fingerprint density at radius 1 is 1.38 bits per heavy atom. The molecule has 0 aliphatic heterocycles. The van der Waals surface area contributed by atoms with Gasteiger partial charge in [0.1, 0.15) is 11.6 Å². The highest BCUT2D eigenvalue weighted by Gasteiger charge is 2.23. The number of halogens is 1. The van der Waals surface area contributed by atoms with Gasteiger partial charge in [-0.15, -0.1) is 10.2 Å². The van der Waals surface area contributed by atoms with Crippen LogP contribution in [0.25, 0.3) is 0 Å². The van der Waals surface area contributed by atoms with Crippen LogP contribution in [0.4, 0.5) is 0 Å². The predicted molar refractivity (Wildman–Crippen MR) is 103 cm³/mol. The number of rotatable bonds is 7. The lowest BCUT2D eigenvalue weighted by atomic mass is 10.2. The zero-order valence-corrected chi connectivity index (χ0v) is 16.3. The molecule has 0 saturated heterocycles. The maximum absolute atomic E-state index is 12.2. The van der Waals surface area contributed by atoms with Gasteiger partial charge in [-0.2, -0.15) is 0 Å². The molecular weight excluding hydrogens is 372 g/mol. The van der Waals surface area contributed by atoms with Crippen LogP contribution in [-0.2, 0) is 6.42 Å². The zero-order chi connectivity index (χ0) is 18.5. The quantitative estimate of drug-likeness (QED) is 0.551. The zero-order valence-electron chi connectivity index (χ0n) is 14.7. The molecule has 1 fully saturated rings. The number of amides is 1. The Morgan fingerprint density at radius 3 is 2.88 bits per heavy atom. The molecule has 1 aliphatic rings. The third-order valence-corrected chi connectivity index (χ3v) is 5.55. The molecule has 1 amide bonds. The first kappa shape index (κ1) is 19.0. The number of carbonyl (C=O) groups is 1. The highest BCUT2D eigenvalue weighted by molar-refractivity contribution is 7.98. The first-order valence-electron chi connectivity index (χ1n) is 8.84. The minimum atomic E-state index is -0.327. The number of nitrogens with zero attached hydrogens (tertiary/aromatic N) is 3. The van der Waals surface area contributed by atoms with Crippen molar-refractivity contribution >= 4 is 29.3 Å². The fourth-order valence-electron chi connectivity index (χ4n) is 3.38. The second-order valence-corrected chi connectivity index (χ2v) is 7.64. The average Bonchev–Trinajstić information content (AvgIpc) is 3.29. The molecule has 2 aromatic rings. The van der Waals surface area contributed by atoms with E-state index < -0.39 is 0 Å². The molecule has 0 atom stereocenters. The minimum Gasteiger partial charge on any atom is -0.507 e. The molecule has 0 unspecified atom stereocenters. The fourth-order valence-corrected chi connectivity index (χ4v) is 4.13. The Morgan fingerprint density at radius 2 is 2.15 bits per heavy atom. The Balaban J connectivity index is 1.56. The van der Waals surface area contributed by atoms with Crippen molar-refractivity contribution in [3.05, 3.63) is 34.6 Å². The standard InChI is InChI=1S/C18H23ClN4O2S/c1-26-18-22-21-16(23(18)13-5-2-3-6-13)7-4-10-20-17(25)14-11-12(19)8-9-15(14)24/h8-9,11,13,24H,2-7,10H2,1H3,(H,20,25). The van der Waals surface area contributed by atoms with Crippen molar-refractivity contribution in [2.45, 2.75) is 49.7 Å². The van der Waals surface area contributed by atoms with Gasteiger partial charge >= 0.3 is 0 Å². The summed E-state index contributed by atoms with van der Waals surface area (Å²) < 4.78 is 2.28. The third-order valence-electron chi connectivity index (χ3n) is 4.67. The Bertz CT molecular complexity index is 775. The van der Waals surface area contributed by atoms with Crippen LogP contribution >= 0.6 is 23.4 Å². The highest BCUT2D eigenvalue weighted by atomic mass is 35.5. The van der Waals surface area contributed by atoms with Crippen molar-refractivity contribution < 1.29 is 9.90 Å². The molecule has 1 aromatic carbocycles. The van der Waals surface area contributed by atoms with Crippen LogP contribution in [0.1, 0.15) is 54.3 Å². The molecule has 2 N–H and O–H groups in total. The van der Waals surface area contributed by atoms with Gasteiger partial charge in [0.05, 0.1) is 5.56 Å². The van der Waals surface area contributed by atoms with E-state index in [1.54, 1.807) is 17.8 Å². The van der Waals surface area contributed by atoms with Crippen molar-refractivity contribution in [3.8, 4) is 5.75 Å². The number of hydrogen-bond donors (Lipinski definition) is 2. The molecule has 8 heteroatoms. The lowest BCUT2D eigenvalue weighted by molar-refractivity contribution is 0.0950. The van der Waals surface area contributed by atoms with E-state index in [1.165, 1.54) is 37.8 Å². The summed E-state index contributed by atoms with van der Waals surface area (Å²) in [5, 5.41) is 22.7. The third kappa shape index (κ3) is 4.32. The predicted octanol–water partition coefficient (Wildman–Crippen LogP) is 3.84. The van der Waals surface area contributed by atoms with E-state index in [0.717, 1.165) is 23.8 Å². The largest absolute Gasteiger partial charge is 0.507 e. The SMILES string of the molecule is CSc1nnc(CCCNC(=O)c2cc(Cl)ccc2O)n1C1CCCC1. The van der Waals surface area contributed by atoms with Gasteiger partial charge in [0.25, 0.3) is 5.91 Å². The van der Waals surface area contributed by atoms with Crippen molar-refractivity contribution in [3.63, 3.8) is 0 Å². The molecule has 140 valence electrons. The lowest BCUT2D eigenvalue weighted by Gasteiger charge is -2.16. The van der Waals surface area contributed by atoms with Gasteiger partial charge in [-0.25, -0.2) is 0 Å². The van der Waals surface area contributed by atoms with Gasteiger partial charge in [-0.05, 0) is 43.7 Å². The molecule has 1 heterocycles. The Labute approximate surface area is 162 Å². The van der Waals surface area contributed by atoms with Crippen LogP contribution in [0.2, 0.25) is 5.02 Å². The van der Waals surface area contributed by atoms with Crippen molar-refractivity contribution in [1.29, 1.82) is 0 Å². The Hall–Kier alpha value is -1.73. The number of thioether (sulfide) groups is 1. The van der Waals surface area contributed by atoms with Crippen LogP contribution in [-0.4, -0.2) is 38.6 Å². The number of hydrogen-bond acceptors (Lipinski definition) is 5. The van der Waals surface area contributed by atoms with Crippen LogP contribution in [0.5, 0.6) is 5.75 Å². The maximum Gasteiger partial charge on any atom is 0.255 e. The van der Waals surface area contributed by atoms with E-state index in [0.29, 0.717) is 17.6 Å². The number of phenolic OH excluding ortho intramolecular Hbond substituents is 1. The summed E-state index contributed by atoms with van der Waals surface area (Å²) in [5.74, 6) is 0.589. The summed E-state index contributed by atoms with van der Waals surface area (Å²) in [6.45, 7) is 0.497. The lowest BCUT2D eigenvalue weighted by Crippen LogP contribution is -2.25. The summed E-state index contributed by atoms with van der Waals surface area (Å²) >= 11 is 7.51. The van der Waals surface area contributed by atoms with Crippen LogP contribution in [0.3, 0.4) is 0 Å². The molecule has 26 heavy (non-hydrogen) atoms. The first-order chi connectivity index (χ1) is 12.6. The topological polar surface area (TPSA) is 80.0 Å². The minimum absolute atomic E-state index is 0.0718. The van der Waals surface area contributed by atoms with Crippen molar-refractivity contribution in [1.82, 2.24) is 20.1 Å². The number of phenols is 1. The number of benzene rings is 1. The maximum atomic E-state index is 12.2. The van der Waals surface area contributed by atoms with E-state index in [9.17, 15) is 9.90 Å². The molecule has 0 radical (unpaired) electrons. The van der Waals surface area contributed by atoms with Gasteiger partial charge in [-0.1, -0.05) is 36.2 Å². The van der Waals surface area contributed by atoms with Gasteiger partial charge in [0.15, 0.2) is 5.16 Å². The summed E-state index contributed by atoms with van der Waals surface area (Å²) in [5.41, 5.74) is 0.191. The number of nitrogens with one attached hydrogen (secondary N) is 1. The molecule has 6 nitrogen and oxygen atoms in total. The number of aromatic nitrogens is 3. The number of aryl methyl sites for hydroxylation is 1. The van der Waals surface area contributed by atoms with E-state index in [-0.39, 0.29) is 17.2 Å². The molecule has 0 spiro atoms. The van der Waals surface area contributed by atoms with Gasteiger partial charge < -0.3 is 15.0 Å². The summed E-state index contributed by atoms with van der Waals surface area (Å²) in [4.78, 5) is 12.2. The average molecular weight is 395 g/mol. The second kappa shape index (κ2) is 8.77. The summed E-state index contributed by atoms with van der Waals surface area (Å²) in [6.07, 6.45) is 8.42. The summed E-state index contributed by atoms with van der Waals surface area (Å²) in [6, 6.07) is 4.94. The Kier molecular flexibility index (Phi) is 6.43. The molecular formula is C18H23ClN4O2S. The molecule has 1 saturated carbocycles. The molecule has 0 bridgehead atoms. The molecule has 3 rings (SSSR count). The highest BCUT2D eigenvalue weighted by Crippen LogP contribution is 2.33. The summed E-state index contributed by atoms with van der Waals surface area (Å²) in [7, 11) is 0. The smallest absolute Gasteiger partial charge is 0.255 e. The molecule has 1 aliphatic carbocycles. The van der Waals surface area contributed by atoms with E-state index in [1.807, 2.05) is 6.26 Å². The van der Waals surface area contributed by atoms with E-state index >= 15 is 0 Å². The fraction of sp³-hybridized carbons (Fsp3) is 0.500. The first-order valence-corrected chi connectivity index (χ1v) is 10.4. The van der Waals surface area contributed by atoms with Crippen LogP contribution < -0.4 is 5.32 Å². The number of aromatic hydroxyl groups is 1. The molecule has 1 aromatic heterocycles. The number of carbonyl (C=O) groups excluding carboxylic acids is 1. The van der Waals surface area contributed by atoms with Gasteiger partial charge in [0.2, 0.25) is 0 Å². The van der Waals surface area contributed by atoms with Crippen molar-refractivity contribution in [2.75, 3.05) is 12.8 Å². The normalized spacial score (nSPS) is 14.7. The van der Waals surface area contributed by atoms with E-state index in [4.69, 9.17) is 11.6 Å². The monoisotopic (exact) mass is 394 g/mol. The van der Waals surface area contributed by atoms with Crippen LogP contribution in [0.15, 0.2) is 23.4 Å². The van der Waals surface area contributed by atoms with Crippen LogP contribution in [0, 0.1) is 0 Å². The van der Waals surface area contributed by atoms with Gasteiger partial charge in [0, 0.05) is 24.0 Å². The van der Waals surface area contributed by atoms with Crippen molar-refractivity contribution in [2.24, 2.45) is 0 Å². The van der Waals surface area contributed by atoms with E-state index in [2.05, 4.69) is 20.1 Å². The van der Waals surface area contributed by atoms with Gasteiger partial charge in [-0.3, -0.25) is 4.79 Å². The second-order valence-electron chi connectivity index (χ2n) is 6.43.